The number of hydrogen-bond donors (Lipinski definition) is 0. The fourth-order valence-electron chi connectivity index (χ4n) is 10.8. The number of halogens is 4. The second kappa shape index (κ2) is 16.9. The monoisotopic (exact) mass is 934 g/mol. The Morgan fingerprint density at radius 1 is 0.440 bits per heavy atom. The molecule has 4 aliphatic rings. The summed E-state index contributed by atoms with van der Waals surface area (Å²) in [5.41, 5.74) is 27.0. The molecule has 0 heterocycles. The Labute approximate surface area is 343 Å². The first-order valence-corrected chi connectivity index (χ1v) is 36.6. The maximum atomic E-state index is 4.93. The van der Waals surface area contributed by atoms with Crippen molar-refractivity contribution in [3.63, 3.8) is 0 Å². The van der Waals surface area contributed by atoms with Gasteiger partial charge >= 0.3 is 75.7 Å². The summed E-state index contributed by atoms with van der Waals surface area (Å²) in [6, 6.07) is 14.4. The Hall–Kier alpha value is 0.240. The van der Waals surface area contributed by atoms with E-state index in [1.807, 2.05) is 0 Å². The molecule has 0 bridgehead atoms. The van der Waals surface area contributed by atoms with Crippen molar-refractivity contribution >= 4 is 62.4 Å². The van der Waals surface area contributed by atoms with Crippen LogP contribution in [0.4, 0.5) is 0 Å². The minimum absolute atomic E-state index is 0.539. The van der Waals surface area contributed by atoms with Crippen molar-refractivity contribution < 1.29 is 41.7 Å². The molecule has 0 aliphatic heterocycles. The van der Waals surface area contributed by atoms with Crippen LogP contribution in [-0.4, -0.2) is 16.1 Å². The summed E-state index contributed by atoms with van der Waals surface area (Å²) in [4.78, 5) is 0. The number of fused-ring (bicyclic) bond motifs is 2. The second-order valence-electron chi connectivity index (χ2n) is 16.1. The molecule has 0 fully saturated rings. The SMILES string of the molecule is CC1=Cc2c(-c3cccc4c3C=C(C)C4[Si](C)(C)C3C(C)=C(C)C(C)=C3C)cccc2C1[Si](C)(C)C1C(C)=C(C)C(C)=C1C.[Cl][Zr][Cl].[Cl][Zr][Cl]. The van der Waals surface area contributed by atoms with Crippen LogP contribution in [0.2, 0.25) is 37.3 Å². The van der Waals surface area contributed by atoms with Gasteiger partial charge < -0.3 is 0 Å². The molecule has 2 unspecified atom stereocenters. The van der Waals surface area contributed by atoms with Crippen LogP contribution in [0.5, 0.6) is 0 Å². The molecule has 4 aliphatic carbocycles. The van der Waals surface area contributed by atoms with Gasteiger partial charge in [-0.1, -0.05) is 108 Å². The normalized spacial score (nSPS) is 20.8. The van der Waals surface area contributed by atoms with E-state index in [-0.39, 0.29) is 0 Å². The molecular weight excluding hydrogens is 885 g/mol. The fraction of sp³-hybridized carbons (Fsp3) is 0.429. The quantitative estimate of drug-likeness (QED) is 0.262. The minimum atomic E-state index is -1.79. The molecule has 0 nitrogen and oxygen atoms in total. The first-order chi connectivity index (χ1) is 23.4. The van der Waals surface area contributed by atoms with Gasteiger partial charge in [0.05, 0.1) is 16.1 Å². The number of hydrogen-bond acceptors (Lipinski definition) is 0. The molecule has 0 saturated carbocycles. The van der Waals surface area contributed by atoms with Gasteiger partial charge in [0.15, 0.2) is 0 Å². The van der Waals surface area contributed by atoms with Crippen molar-refractivity contribution in [3.8, 4) is 11.1 Å². The molecule has 0 aromatic heterocycles. The molecule has 266 valence electrons. The van der Waals surface area contributed by atoms with Gasteiger partial charge in [0, 0.05) is 11.1 Å². The standard InChI is InChI=1S/C42H54Si2.4ClH.2Zr/c1-23-21-37-33(17-15-19-35(37)39(23)43(11,12)41-29(7)25(3)26(4)30(41)8)34-18-16-20-36-38(34)22-24(2)40(36)44(13,14)42-31(9)27(5)28(6)32(42)10;;;;;;/h15-22,39-42H,1-14H3;4*1H;;/q;;;;;2*+2/p-4. The summed E-state index contributed by atoms with van der Waals surface area (Å²) < 4.78 is 0. The Kier molecular flexibility index (Phi) is 14.6. The van der Waals surface area contributed by atoms with Crippen molar-refractivity contribution in [2.45, 2.75) is 118 Å². The van der Waals surface area contributed by atoms with Crippen molar-refractivity contribution in [1.82, 2.24) is 0 Å². The van der Waals surface area contributed by atoms with Gasteiger partial charge in [-0.15, -0.1) is 0 Å². The van der Waals surface area contributed by atoms with Crippen LogP contribution in [0, 0.1) is 0 Å². The molecule has 0 saturated heterocycles. The zero-order chi connectivity index (χ0) is 37.6. The molecule has 50 heavy (non-hydrogen) atoms. The van der Waals surface area contributed by atoms with Crippen LogP contribution in [0.15, 0.2) is 92.1 Å². The third kappa shape index (κ3) is 7.45. The van der Waals surface area contributed by atoms with E-state index in [9.17, 15) is 0 Å². The molecule has 0 N–H and O–H groups in total. The van der Waals surface area contributed by atoms with Crippen molar-refractivity contribution in [3.05, 3.63) is 114 Å². The van der Waals surface area contributed by atoms with Crippen LogP contribution < -0.4 is 0 Å². The third-order valence-electron chi connectivity index (χ3n) is 13.0. The molecule has 2 atom stereocenters. The van der Waals surface area contributed by atoms with E-state index < -0.39 is 57.8 Å². The van der Waals surface area contributed by atoms with Gasteiger partial charge in [-0.3, -0.25) is 0 Å². The van der Waals surface area contributed by atoms with Gasteiger partial charge in [0.2, 0.25) is 0 Å². The van der Waals surface area contributed by atoms with Crippen LogP contribution >= 0.6 is 34.1 Å². The molecule has 6 rings (SSSR count). The summed E-state index contributed by atoms with van der Waals surface area (Å²) in [6.07, 6.45) is 5.12. The summed E-state index contributed by atoms with van der Waals surface area (Å²) in [5, 5.41) is 0. The van der Waals surface area contributed by atoms with E-state index in [2.05, 4.69) is 144 Å². The van der Waals surface area contributed by atoms with E-state index in [0.717, 1.165) is 0 Å². The van der Waals surface area contributed by atoms with Gasteiger partial charge in [0.1, 0.15) is 0 Å². The van der Waals surface area contributed by atoms with Crippen molar-refractivity contribution in [2.24, 2.45) is 0 Å². The predicted octanol–water partition coefficient (Wildman–Crippen LogP) is 15.7. The predicted molar refractivity (Wildman–Crippen MR) is 224 cm³/mol. The first kappa shape index (κ1) is 43.0. The number of allylic oxidation sites excluding steroid dienone is 10. The zero-order valence-corrected chi connectivity index (χ0v) is 42.4. The van der Waals surface area contributed by atoms with Crippen LogP contribution in [0.1, 0.15) is 103 Å². The zero-order valence-electron chi connectivity index (χ0n) is 32.4. The van der Waals surface area contributed by atoms with Crippen molar-refractivity contribution in [1.29, 1.82) is 0 Å². The Morgan fingerprint density at radius 3 is 0.960 bits per heavy atom. The average molecular weight is 939 g/mol. The van der Waals surface area contributed by atoms with E-state index in [1.165, 1.54) is 44.5 Å². The topological polar surface area (TPSA) is 0 Å². The van der Waals surface area contributed by atoms with Crippen molar-refractivity contribution in [2.75, 3.05) is 0 Å². The van der Waals surface area contributed by atoms with Crippen LogP contribution in [0.3, 0.4) is 0 Å². The Morgan fingerprint density at radius 2 is 0.700 bits per heavy atom. The summed E-state index contributed by atoms with van der Waals surface area (Å²) in [5.74, 6) is 0. The average Bonchev–Trinajstić information content (AvgIpc) is 3.70. The molecule has 0 amide bonds. The Bertz CT molecular complexity index is 1690. The molecular formula is C42H54Cl4Si2Zr2. The first-order valence-electron chi connectivity index (χ1n) is 17.6. The van der Waals surface area contributed by atoms with Crippen LogP contribution in [-0.2, 0) is 41.7 Å². The van der Waals surface area contributed by atoms with Gasteiger partial charge in [-0.2, -0.15) is 0 Å². The molecule has 0 spiro atoms. The summed E-state index contributed by atoms with van der Waals surface area (Å²) in [7, 11) is 16.2. The summed E-state index contributed by atoms with van der Waals surface area (Å²) in [6.45, 7) is 34.5. The Balaban J connectivity index is 0.000000875. The van der Waals surface area contributed by atoms with Gasteiger partial charge in [-0.05, 0) is 136 Å². The molecule has 8 heteroatoms. The van der Waals surface area contributed by atoms with E-state index in [1.54, 1.807) is 44.6 Å². The summed E-state index contributed by atoms with van der Waals surface area (Å²) >= 11 is -1.65. The molecule has 2 aromatic carbocycles. The number of benzene rings is 2. The fourth-order valence-corrected chi connectivity index (χ4v) is 21.4. The van der Waals surface area contributed by atoms with Gasteiger partial charge in [0.25, 0.3) is 0 Å². The van der Waals surface area contributed by atoms with Gasteiger partial charge in [-0.25, -0.2) is 0 Å². The van der Waals surface area contributed by atoms with E-state index >= 15 is 0 Å². The molecule has 0 radical (unpaired) electrons. The van der Waals surface area contributed by atoms with Crippen LogP contribution in [0.25, 0.3) is 23.3 Å². The third-order valence-corrected chi connectivity index (χ3v) is 22.3. The number of rotatable bonds is 5. The maximum absolute atomic E-state index is 4.93. The van der Waals surface area contributed by atoms with E-state index in [0.29, 0.717) is 22.2 Å². The van der Waals surface area contributed by atoms with E-state index in [4.69, 9.17) is 34.1 Å². The molecule has 2 aromatic rings. The second-order valence-corrected chi connectivity index (χ2v) is 33.2.